The Hall–Kier alpha value is -0.960. The molecule has 21 heavy (non-hydrogen) atoms. The van der Waals surface area contributed by atoms with E-state index in [4.69, 9.17) is 21.4 Å². The van der Waals surface area contributed by atoms with E-state index in [-0.39, 0.29) is 12.2 Å². The predicted octanol–water partition coefficient (Wildman–Crippen LogP) is 4.37. The molecule has 0 aromatic heterocycles. The molecule has 1 aliphatic rings. The van der Waals surface area contributed by atoms with E-state index in [1.807, 2.05) is 22.6 Å². The number of hydrogen-bond donors (Lipinski definition) is 1. The Bertz CT molecular complexity index is 613. The van der Waals surface area contributed by atoms with Crippen LogP contribution in [0, 0.1) is 9.49 Å². The van der Waals surface area contributed by atoms with Gasteiger partial charge in [-0.1, -0.05) is 11.6 Å². The fourth-order valence-electron chi connectivity index (χ4n) is 2.02. The van der Waals surface area contributed by atoms with E-state index in [1.54, 1.807) is 6.07 Å². The summed E-state index contributed by atoms with van der Waals surface area (Å²) in [6.07, 6.45) is -4.36. The summed E-state index contributed by atoms with van der Waals surface area (Å²) in [6.45, 7) is -0.290. The van der Waals surface area contributed by atoms with E-state index >= 15 is 0 Å². The van der Waals surface area contributed by atoms with Gasteiger partial charge in [0.2, 0.25) is 0 Å². The molecule has 114 valence electrons. The van der Waals surface area contributed by atoms with Crippen molar-refractivity contribution < 1.29 is 27.8 Å². The Morgan fingerprint density at radius 3 is 2.71 bits per heavy atom. The lowest BCUT2D eigenvalue weighted by Gasteiger charge is -2.26. The largest absolute Gasteiger partial charge is 0.489 e. The Morgan fingerprint density at radius 2 is 2.14 bits per heavy atom. The van der Waals surface area contributed by atoms with Crippen molar-refractivity contribution in [2.45, 2.75) is 12.6 Å². The number of ether oxygens (including phenoxy) is 1. The molecule has 1 aliphatic heterocycles. The van der Waals surface area contributed by atoms with Gasteiger partial charge in [0, 0.05) is 9.13 Å². The average molecular weight is 433 g/mol. The molecule has 1 aromatic rings. The van der Waals surface area contributed by atoms with Crippen LogP contribution in [0.5, 0.6) is 5.75 Å². The second-order valence-electron chi connectivity index (χ2n) is 4.50. The highest BCUT2D eigenvalue weighted by Gasteiger charge is 2.44. The highest BCUT2D eigenvalue weighted by atomic mass is 127. The first-order chi connectivity index (χ1) is 9.68. The summed E-state index contributed by atoms with van der Waals surface area (Å²) in [5, 5.41) is 9.06. The van der Waals surface area contributed by atoms with E-state index in [9.17, 15) is 18.0 Å². The number of carbonyl (C=O) groups is 1. The average Bonchev–Trinajstić information content (AvgIpc) is 2.35. The molecule has 1 N–H and O–H groups in total. The van der Waals surface area contributed by atoms with E-state index in [2.05, 4.69) is 0 Å². The van der Waals surface area contributed by atoms with Gasteiger partial charge in [-0.15, -0.1) is 0 Å². The third-order valence-electron chi connectivity index (χ3n) is 3.01. The molecular weight excluding hydrogens is 423 g/mol. The fourth-order valence-corrected chi connectivity index (χ4v) is 2.63. The number of carboxylic acid groups (broad SMARTS) is 1. The smallest absolute Gasteiger partial charge is 0.396 e. The molecule has 1 atom stereocenters. The predicted molar refractivity (Wildman–Crippen MR) is 79.4 cm³/mol. The Labute approximate surface area is 136 Å². The molecule has 1 aromatic carbocycles. The van der Waals surface area contributed by atoms with Gasteiger partial charge in [-0.2, -0.15) is 13.2 Å². The normalized spacial score (nSPS) is 15.8. The molecule has 8 heteroatoms. The lowest BCUT2D eigenvalue weighted by atomic mass is 9.92. The van der Waals surface area contributed by atoms with Crippen LogP contribution in [0.4, 0.5) is 13.2 Å². The van der Waals surface area contributed by atoms with Crippen molar-refractivity contribution in [1.82, 2.24) is 0 Å². The topological polar surface area (TPSA) is 46.5 Å². The van der Waals surface area contributed by atoms with Crippen molar-refractivity contribution >= 4 is 46.2 Å². The first kappa shape index (κ1) is 16.4. The number of carboxylic acids is 1. The Morgan fingerprint density at radius 1 is 1.48 bits per heavy atom. The van der Waals surface area contributed by atoms with E-state index in [0.717, 1.165) is 3.57 Å². The zero-order valence-corrected chi connectivity index (χ0v) is 13.3. The first-order valence-corrected chi connectivity index (χ1v) is 7.25. The van der Waals surface area contributed by atoms with E-state index in [0.29, 0.717) is 16.3 Å². The van der Waals surface area contributed by atoms with Crippen LogP contribution in [0.2, 0.25) is 5.02 Å². The Balaban J connectivity index is 2.41. The van der Waals surface area contributed by atoms with Gasteiger partial charge in [0.25, 0.3) is 0 Å². The van der Waals surface area contributed by atoms with Crippen LogP contribution in [-0.4, -0.2) is 23.9 Å². The molecule has 2 rings (SSSR count). The molecule has 0 spiro atoms. The van der Waals surface area contributed by atoms with Gasteiger partial charge in [-0.3, -0.25) is 4.79 Å². The van der Waals surface area contributed by atoms with Crippen molar-refractivity contribution in [3.8, 4) is 5.75 Å². The van der Waals surface area contributed by atoms with Crippen LogP contribution in [0.15, 0.2) is 17.7 Å². The third-order valence-corrected chi connectivity index (χ3v) is 4.53. The second kappa shape index (κ2) is 6.04. The maximum Gasteiger partial charge on any atom is 0.396 e. The van der Waals surface area contributed by atoms with Crippen molar-refractivity contribution in [1.29, 1.82) is 0 Å². The van der Waals surface area contributed by atoms with E-state index in [1.165, 1.54) is 12.1 Å². The van der Waals surface area contributed by atoms with Crippen LogP contribution in [0.25, 0.3) is 6.08 Å². The van der Waals surface area contributed by atoms with Gasteiger partial charge in [0.05, 0.1) is 17.4 Å². The summed E-state index contributed by atoms with van der Waals surface area (Å²) in [4.78, 5) is 10.7. The number of aliphatic carboxylic acids is 1. The van der Waals surface area contributed by atoms with Gasteiger partial charge in [0.15, 0.2) is 0 Å². The molecular formula is C13H9ClF3IO3. The van der Waals surface area contributed by atoms with Gasteiger partial charge in [-0.25, -0.2) is 0 Å². The van der Waals surface area contributed by atoms with Gasteiger partial charge < -0.3 is 9.84 Å². The van der Waals surface area contributed by atoms with Crippen molar-refractivity contribution in [2.75, 3.05) is 6.61 Å². The highest BCUT2D eigenvalue weighted by Crippen LogP contribution is 2.40. The van der Waals surface area contributed by atoms with Crippen LogP contribution in [0.3, 0.4) is 0 Å². The summed E-state index contributed by atoms with van der Waals surface area (Å²) in [5.74, 6) is -3.14. The quantitative estimate of drug-likeness (QED) is 0.722. The fraction of sp³-hybridized carbons (Fsp3) is 0.308. The minimum atomic E-state index is -4.64. The Kier molecular flexibility index (Phi) is 4.72. The lowest BCUT2D eigenvalue weighted by molar-refractivity contribution is -0.174. The minimum absolute atomic E-state index is 0.116. The molecule has 0 radical (unpaired) electrons. The minimum Gasteiger partial charge on any atom is -0.489 e. The summed E-state index contributed by atoms with van der Waals surface area (Å²) < 4.78 is 45.0. The first-order valence-electron chi connectivity index (χ1n) is 5.79. The number of fused-ring (bicyclic) bond motifs is 1. The number of hydrogen-bond acceptors (Lipinski definition) is 2. The summed E-state index contributed by atoms with van der Waals surface area (Å²) in [7, 11) is 0. The van der Waals surface area contributed by atoms with Gasteiger partial charge in [-0.05, 0) is 46.4 Å². The summed E-state index contributed by atoms with van der Waals surface area (Å²) in [5.41, 5.74) is 0.302. The molecule has 1 heterocycles. The second-order valence-corrected chi connectivity index (χ2v) is 6.07. The SMILES string of the molecule is O=C(O)CC(C1=Cc2cc(Cl)c(I)cc2OC1)C(F)(F)F. The monoisotopic (exact) mass is 432 g/mol. The molecule has 0 fully saturated rings. The zero-order chi connectivity index (χ0) is 15.8. The summed E-state index contributed by atoms with van der Waals surface area (Å²) >= 11 is 7.93. The standard InChI is InChI=1S/C13H9ClF3IO3/c14-9-2-6-1-7(5-21-11(6)4-10(9)18)8(3-12(19)20)13(15,16)17/h1-2,4,8H,3,5H2,(H,19,20). The molecule has 3 nitrogen and oxygen atoms in total. The summed E-state index contributed by atoms with van der Waals surface area (Å²) in [6, 6.07) is 3.14. The van der Waals surface area contributed by atoms with E-state index < -0.39 is 24.5 Å². The maximum absolute atomic E-state index is 13.0. The number of halogens is 5. The molecule has 0 aliphatic carbocycles. The van der Waals surface area contributed by atoms with Crippen molar-refractivity contribution in [3.05, 3.63) is 31.9 Å². The molecule has 0 saturated heterocycles. The molecule has 0 saturated carbocycles. The van der Waals surface area contributed by atoms with Crippen LogP contribution < -0.4 is 4.74 Å². The molecule has 0 bridgehead atoms. The molecule has 0 amide bonds. The van der Waals surface area contributed by atoms with Crippen molar-refractivity contribution in [2.24, 2.45) is 5.92 Å². The van der Waals surface area contributed by atoms with Crippen LogP contribution >= 0.6 is 34.2 Å². The third kappa shape index (κ3) is 3.82. The highest BCUT2D eigenvalue weighted by molar-refractivity contribution is 14.1. The molecule has 1 unspecified atom stereocenters. The number of alkyl halides is 3. The zero-order valence-electron chi connectivity index (χ0n) is 10.4. The van der Waals surface area contributed by atoms with Crippen LogP contribution in [0.1, 0.15) is 12.0 Å². The number of rotatable bonds is 3. The number of benzene rings is 1. The lowest BCUT2D eigenvalue weighted by Crippen LogP contribution is -2.30. The maximum atomic E-state index is 13.0. The van der Waals surface area contributed by atoms with Crippen LogP contribution in [-0.2, 0) is 4.79 Å². The van der Waals surface area contributed by atoms with Crippen molar-refractivity contribution in [3.63, 3.8) is 0 Å². The van der Waals surface area contributed by atoms with Gasteiger partial charge >= 0.3 is 12.1 Å². The van der Waals surface area contributed by atoms with Gasteiger partial charge in [0.1, 0.15) is 12.4 Å².